The summed E-state index contributed by atoms with van der Waals surface area (Å²) in [7, 11) is 1.78. The van der Waals surface area contributed by atoms with E-state index in [1.807, 2.05) is 20.8 Å². The fraction of sp³-hybridized carbons (Fsp3) is 0.556. The van der Waals surface area contributed by atoms with Crippen LogP contribution >= 0.6 is 0 Å². The number of aryl methyl sites for hydroxylation is 1. The van der Waals surface area contributed by atoms with E-state index in [1.165, 1.54) is 0 Å². The van der Waals surface area contributed by atoms with Gasteiger partial charge in [-0.1, -0.05) is 0 Å². The number of nitrogens with one attached hydrogen (secondary N) is 1. The lowest BCUT2D eigenvalue weighted by molar-refractivity contribution is 0.0749. The van der Waals surface area contributed by atoms with Crippen molar-refractivity contribution in [2.75, 3.05) is 7.05 Å². The number of hydrogen-bond acceptors (Lipinski definition) is 2. The Bertz CT molecular complexity index is 304. The highest BCUT2D eigenvalue weighted by molar-refractivity contribution is 5.92. The number of hydrogen-bond donors (Lipinski definition) is 1. The Morgan fingerprint density at radius 3 is 2.62 bits per heavy atom. The highest BCUT2D eigenvalue weighted by atomic mass is 16.2. The molecule has 0 aromatic carbocycles. The van der Waals surface area contributed by atoms with Crippen LogP contribution in [0.1, 0.15) is 30.2 Å². The van der Waals surface area contributed by atoms with Crippen LogP contribution in [0.2, 0.25) is 0 Å². The van der Waals surface area contributed by atoms with Gasteiger partial charge in [0.25, 0.3) is 5.91 Å². The average molecular weight is 181 g/mol. The van der Waals surface area contributed by atoms with Crippen LogP contribution in [0.3, 0.4) is 0 Å². The molecule has 1 rings (SSSR count). The van der Waals surface area contributed by atoms with Crippen LogP contribution in [-0.2, 0) is 0 Å². The molecule has 0 saturated heterocycles. The normalized spacial score (nSPS) is 10.5. The van der Waals surface area contributed by atoms with Crippen molar-refractivity contribution in [1.82, 2.24) is 14.9 Å². The summed E-state index contributed by atoms with van der Waals surface area (Å²) in [4.78, 5) is 20.2. The Balaban J connectivity index is 2.79. The van der Waals surface area contributed by atoms with Crippen LogP contribution in [0.4, 0.5) is 0 Å². The van der Waals surface area contributed by atoms with Crippen LogP contribution in [0.25, 0.3) is 0 Å². The molecule has 0 aliphatic rings. The van der Waals surface area contributed by atoms with Crippen molar-refractivity contribution >= 4 is 5.91 Å². The zero-order valence-electron chi connectivity index (χ0n) is 8.46. The van der Waals surface area contributed by atoms with Crippen molar-refractivity contribution < 1.29 is 4.79 Å². The van der Waals surface area contributed by atoms with Crippen molar-refractivity contribution in [1.29, 1.82) is 0 Å². The molecular formula is C9H15N3O. The largest absolute Gasteiger partial charge is 0.338 e. The van der Waals surface area contributed by atoms with Crippen molar-refractivity contribution in [3.63, 3.8) is 0 Å². The van der Waals surface area contributed by atoms with Crippen LogP contribution in [0.15, 0.2) is 6.20 Å². The van der Waals surface area contributed by atoms with Gasteiger partial charge in [-0.15, -0.1) is 0 Å². The topological polar surface area (TPSA) is 49.0 Å². The van der Waals surface area contributed by atoms with E-state index in [0.29, 0.717) is 5.69 Å². The lowest BCUT2D eigenvalue weighted by atomic mass is 10.3. The molecule has 1 N–H and O–H groups in total. The molecule has 4 nitrogen and oxygen atoms in total. The zero-order valence-corrected chi connectivity index (χ0v) is 8.46. The van der Waals surface area contributed by atoms with E-state index in [9.17, 15) is 4.79 Å². The second-order valence-electron chi connectivity index (χ2n) is 3.39. The molecule has 0 bridgehead atoms. The molecule has 0 radical (unpaired) electrons. The van der Waals surface area contributed by atoms with E-state index in [4.69, 9.17) is 0 Å². The summed E-state index contributed by atoms with van der Waals surface area (Å²) >= 11 is 0. The Kier molecular flexibility index (Phi) is 2.70. The molecular weight excluding hydrogens is 166 g/mol. The molecule has 1 aromatic heterocycles. The van der Waals surface area contributed by atoms with Gasteiger partial charge in [-0.3, -0.25) is 4.79 Å². The standard InChI is InChI=1S/C9H15N3O/c1-6(2)12(4)9(13)8-5-10-7(3)11-8/h5-6H,1-4H3,(H,10,11). The molecule has 0 aliphatic carbocycles. The fourth-order valence-corrected chi connectivity index (χ4v) is 0.954. The number of amides is 1. The lowest BCUT2D eigenvalue weighted by Crippen LogP contribution is -2.33. The first-order chi connectivity index (χ1) is 6.02. The predicted octanol–water partition coefficient (Wildman–Crippen LogP) is 1.20. The quantitative estimate of drug-likeness (QED) is 0.745. The minimum Gasteiger partial charge on any atom is -0.338 e. The number of imidazole rings is 1. The molecule has 0 aliphatic heterocycles. The van der Waals surface area contributed by atoms with Crippen molar-refractivity contribution in [2.24, 2.45) is 0 Å². The van der Waals surface area contributed by atoms with Gasteiger partial charge < -0.3 is 9.88 Å². The van der Waals surface area contributed by atoms with Gasteiger partial charge >= 0.3 is 0 Å². The maximum atomic E-state index is 11.7. The third-order valence-electron chi connectivity index (χ3n) is 2.03. The number of aromatic amines is 1. The number of carbonyl (C=O) groups excluding carboxylic acids is 1. The first kappa shape index (κ1) is 9.77. The highest BCUT2D eigenvalue weighted by Gasteiger charge is 2.15. The molecule has 13 heavy (non-hydrogen) atoms. The second-order valence-corrected chi connectivity index (χ2v) is 3.39. The van der Waals surface area contributed by atoms with Gasteiger partial charge in [-0.05, 0) is 20.8 Å². The van der Waals surface area contributed by atoms with Crippen LogP contribution in [-0.4, -0.2) is 33.9 Å². The molecule has 72 valence electrons. The number of H-pyrrole nitrogens is 1. The van der Waals surface area contributed by atoms with E-state index in [-0.39, 0.29) is 11.9 Å². The molecule has 4 heteroatoms. The summed E-state index contributed by atoms with van der Waals surface area (Å²) in [5.41, 5.74) is 0.550. The maximum Gasteiger partial charge on any atom is 0.271 e. The summed E-state index contributed by atoms with van der Waals surface area (Å²) in [5, 5.41) is 0. The number of rotatable bonds is 2. The average Bonchev–Trinajstić information content (AvgIpc) is 2.49. The first-order valence-electron chi connectivity index (χ1n) is 4.31. The van der Waals surface area contributed by atoms with E-state index in [1.54, 1.807) is 18.1 Å². The lowest BCUT2D eigenvalue weighted by Gasteiger charge is -2.20. The van der Waals surface area contributed by atoms with Crippen molar-refractivity contribution in [3.05, 3.63) is 17.7 Å². The zero-order chi connectivity index (χ0) is 10.0. The van der Waals surface area contributed by atoms with Gasteiger partial charge in [0.15, 0.2) is 0 Å². The Morgan fingerprint density at radius 1 is 1.62 bits per heavy atom. The summed E-state index contributed by atoms with van der Waals surface area (Å²) in [6.07, 6.45) is 1.57. The predicted molar refractivity (Wildman–Crippen MR) is 50.6 cm³/mol. The third-order valence-corrected chi connectivity index (χ3v) is 2.03. The molecule has 1 amide bonds. The summed E-state index contributed by atoms with van der Waals surface area (Å²) in [5.74, 6) is 0.746. The van der Waals surface area contributed by atoms with Gasteiger partial charge in [0.05, 0.1) is 6.20 Å². The number of carbonyl (C=O) groups is 1. The van der Waals surface area contributed by atoms with Crippen LogP contribution in [0.5, 0.6) is 0 Å². The summed E-state index contributed by atoms with van der Waals surface area (Å²) < 4.78 is 0. The molecule has 0 spiro atoms. The van der Waals surface area contributed by atoms with Gasteiger partial charge in [-0.2, -0.15) is 0 Å². The molecule has 0 saturated carbocycles. The van der Waals surface area contributed by atoms with Crippen molar-refractivity contribution in [3.8, 4) is 0 Å². The minimum absolute atomic E-state index is 0.0180. The first-order valence-corrected chi connectivity index (χ1v) is 4.31. The molecule has 0 unspecified atom stereocenters. The fourth-order valence-electron chi connectivity index (χ4n) is 0.954. The molecule has 1 heterocycles. The van der Waals surface area contributed by atoms with Crippen molar-refractivity contribution in [2.45, 2.75) is 26.8 Å². The Hall–Kier alpha value is -1.32. The monoisotopic (exact) mass is 181 g/mol. The highest BCUT2D eigenvalue weighted by Crippen LogP contribution is 2.03. The Labute approximate surface area is 78.0 Å². The van der Waals surface area contributed by atoms with E-state index >= 15 is 0 Å². The smallest absolute Gasteiger partial charge is 0.271 e. The van der Waals surface area contributed by atoms with Crippen LogP contribution in [0, 0.1) is 6.92 Å². The van der Waals surface area contributed by atoms with E-state index < -0.39 is 0 Å². The van der Waals surface area contributed by atoms with Gasteiger partial charge in [0.1, 0.15) is 11.5 Å². The summed E-state index contributed by atoms with van der Waals surface area (Å²) in [6.45, 7) is 5.77. The van der Waals surface area contributed by atoms with Gasteiger partial charge in [0, 0.05) is 13.1 Å². The van der Waals surface area contributed by atoms with Gasteiger partial charge in [0.2, 0.25) is 0 Å². The third kappa shape index (κ3) is 2.08. The molecule has 1 aromatic rings. The minimum atomic E-state index is -0.0180. The molecule has 0 fully saturated rings. The summed E-state index contributed by atoms with van der Waals surface area (Å²) in [6, 6.07) is 0.205. The van der Waals surface area contributed by atoms with Crippen LogP contribution < -0.4 is 0 Å². The number of nitrogens with zero attached hydrogens (tertiary/aromatic N) is 2. The molecule has 0 atom stereocenters. The van der Waals surface area contributed by atoms with E-state index in [2.05, 4.69) is 9.97 Å². The Morgan fingerprint density at radius 2 is 2.23 bits per heavy atom. The van der Waals surface area contributed by atoms with E-state index in [0.717, 1.165) is 5.82 Å². The SMILES string of the molecule is Cc1ncc(C(=O)N(C)C(C)C)[nH]1. The maximum absolute atomic E-state index is 11.7. The second kappa shape index (κ2) is 3.60. The number of aromatic nitrogens is 2. The van der Waals surface area contributed by atoms with Gasteiger partial charge in [-0.25, -0.2) is 4.98 Å².